The summed E-state index contributed by atoms with van der Waals surface area (Å²) in [6, 6.07) is 0. The zero-order chi connectivity index (χ0) is 13.6. The third-order valence-corrected chi connectivity index (χ3v) is 2.78. The first-order chi connectivity index (χ1) is 8.39. The van der Waals surface area contributed by atoms with Crippen LogP contribution in [-0.4, -0.2) is 71.9 Å². The number of carboxylic acid groups (broad SMARTS) is 1. The van der Waals surface area contributed by atoms with E-state index in [4.69, 9.17) is 5.11 Å². The van der Waals surface area contributed by atoms with Crippen LogP contribution >= 0.6 is 0 Å². The van der Waals surface area contributed by atoms with Gasteiger partial charge >= 0.3 is 5.97 Å². The molecule has 0 bridgehead atoms. The summed E-state index contributed by atoms with van der Waals surface area (Å²) >= 11 is 0. The molecule has 0 aromatic rings. The summed E-state index contributed by atoms with van der Waals surface area (Å²) in [5.74, 6) is -1.28. The number of carbonyl (C=O) groups is 2. The second kappa shape index (κ2) is 6.67. The molecule has 1 rings (SSSR count). The monoisotopic (exact) mass is 259 g/mol. The van der Waals surface area contributed by atoms with E-state index in [9.17, 15) is 14.7 Å². The Bertz CT molecular complexity index is 301. The van der Waals surface area contributed by atoms with Gasteiger partial charge in [0.15, 0.2) is 0 Å². The van der Waals surface area contributed by atoms with E-state index in [1.165, 1.54) is 6.92 Å². The maximum Gasteiger partial charge on any atom is 0.306 e. The minimum Gasteiger partial charge on any atom is -0.481 e. The molecule has 0 saturated carbocycles. The molecule has 104 valence electrons. The van der Waals surface area contributed by atoms with Crippen LogP contribution in [-0.2, 0) is 9.59 Å². The van der Waals surface area contributed by atoms with E-state index in [0.29, 0.717) is 0 Å². The van der Waals surface area contributed by atoms with Gasteiger partial charge < -0.3 is 20.8 Å². The van der Waals surface area contributed by atoms with Gasteiger partial charge in [-0.1, -0.05) is 0 Å². The molecule has 0 aromatic carbocycles. The number of nitrogens with one attached hydrogen (secondary N) is 2. The molecule has 0 aliphatic carbocycles. The first kappa shape index (κ1) is 14.9. The van der Waals surface area contributed by atoms with Gasteiger partial charge in [-0.2, -0.15) is 0 Å². The SMILES string of the molecule is CC(O)(CNC(=O)CN1CCNCC1)CC(=O)O. The van der Waals surface area contributed by atoms with E-state index in [1.807, 2.05) is 4.90 Å². The van der Waals surface area contributed by atoms with Gasteiger partial charge in [0.25, 0.3) is 0 Å². The summed E-state index contributed by atoms with van der Waals surface area (Å²) in [7, 11) is 0. The average Bonchev–Trinajstić information content (AvgIpc) is 2.26. The molecule has 0 radical (unpaired) electrons. The van der Waals surface area contributed by atoms with Crippen molar-refractivity contribution in [1.82, 2.24) is 15.5 Å². The Morgan fingerprint density at radius 2 is 2.00 bits per heavy atom. The summed E-state index contributed by atoms with van der Waals surface area (Å²) in [6.07, 6.45) is -0.388. The lowest BCUT2D eigenvalue weighted by Gasteiger charge is -2.27. The second-order valence-corrected chi connectivity index (χ2v) is 4.87. The van der Waals surface area contributed by atoms with Crippen molar-refractivity contribution in [2.24, 2.45) is 0 Å². The van der Waals surface area contributed by atoms with Crippen LogP contribution in [0.2, 0.25) is 0 Å². The normalized spacial score (nSPS) is 20.1. The van der Waals surface area contributed by atoms with Crippen molar-refractivity contribution in [3.63, 3.8) is 0 Å². The first-order valence-electron chi connectivity index (χ1n) is 6.03. The van der Waals surface area contributed by atoms with Crippen molar-refractivity contribution in [3.05, 3.63) is 0 Å². The van der Waals surface area contributed by atoms with Crippen LogP contribution in [0.4, 0.5) is 0 Å². The summed E-state index contributed by atoms with van der Waals surface area (Å²) in [5.41, 5.74) is -1.41. The predicted molar refractivity (Wildman–Crippen MR) is 65.2 cm³/mol. The highest BCUT2D eigenvalue weighted by Gasteiger charge is 2.25. The number of hydrogen-bond donors (Lipinski definition) is 4. The fourth-order valence-electron chi connectivity index (χ4n) is 1.81. The lowest BCUT2D eigenvalue weighted by Crippen LogP contribution is -2.49. The van der Waals surface area contributed by atoms with E-state index < -0.39 is 11.6 Å². The van der Waals surface area contributed by atoms with Crippen molar-refractivity contribution >= 4 is 11.9 Å². The molecule has 0 aromatic heterocycles. The molecule has 1 atom stereocenters. The highest BCUT2D eigenvalue weighted by Crippen LogP contribution is 2.07. The number of hydrogen-bond acceptors (Lipinski definition) is 5. The molecule has 18 heavy (non-hydrogen) atoms. The van der Waals surface area contributed by atoms with Gasteiger partial charge in [-0.25, -0.2) is 0 Å². The van der Waals surface area contributed by atoms with Gasteiger partial charge in [0, 0.05) is 32.7 Å². The first-order valence-corrected chi connectivity index (χ1v) is 6.03. The van der Waals surface area contributed by atoms with Gasteiger partial charge in [-0.05, 0) is 6.92 Å². The van der Waals surface area contributed by atoms with Crippen LogP contribution in [0.25, 0.3) is 0 Å². The highest BCUT2D eigenvalue weighted by molar-refractivity contribution is 5.78. The third kappa shape index (κ3) is 5.95. The molecule has 1 heterocycles. The number of piperazine rings is 1. The predicted octanol–water partition coefficient (Wildman–Crippen LogP) is -1.77. The van der Waals surface area contributed by atoms with Gasteiger partial charge in [-0.3, -0.25) is 14.5 Å². The Hall–Kier alpha value is -1.18. The Morgan fingerprint density at radius 3 is 2.56 bits per heavy atom. The summed E-state index contributed by atoms with van der Waals surface area (Å²) < 4.78 is 0. The van der Waals surface area contributed by atoms with E-state index in [2.05, 4.69) is 10.6 Å². The smallest absolute Gasteiger partial charge is 0.306 e. The third-order valence-electron chi connectivity index (χ3n) is 2.78. The maximum absolute atomic E-state index is 11.6. The summed E-state index contributed by atoms with van der Waals surface area (Å²) in [5, 5.41) is 24.1. The largest absolute Gasteiger partial charge is 0.481 e. The molecule has 1 fully saturated rings. The Balaban J connectivity index is 2.25. The van der Waals surface area contributed by atoms with E-state index >= 15 is 0 Å². The van der Waals surface area contributed by atoms with Gasteiger partial charge in [0.1, 0.15) is 0 Å². The lowest BCUT2D eigenvalue weighted by atomic mass is 10.0. The fraction of sp³-hybridized carbons (Fsp3) is 0.818. The highest BCUT2D eigenvalue weighted by atomic mass is 16.4. The Morgan fingerprint density at radius 1 is 1.39 bits per heavy atom. The lowest BCUT2D eigenvalue weighted by molar-refractivity contribution is -0.142. The average molecular weight is 259 g/mol. The van der Waals surface area contributed by atoms with Crippen LogP contribution in [0, 0.1) is 0 Å². The topological polar surface area (TPSA) is 102 Å². The van der Waals surface area contributed by atoms with Crippen molar-refractivity contribution < 1.29 is 19.8 Å². The molecule has 7 heteroatoms. The van der Waals surface area contributed by atoms with Crippen LogP contribution in [0.1, 0.15) is 13.3 Å². The number of aliphatic hydroxyl groups is 1. The van der Waals surface area contributed by atoms with Crippen LogP contribution < -0.4 is 10.6 Å². The quantitative estimate of drug-likeness (QED) is 0.450. The number of amides is 1. The minimum absolute atomic E-state index is 0.0514. The molecule has 0 spiro atoms. The molecule has 4 N–H and O–H groups in total. The summed E-state index contributed by atoms with van der Waals surface area (Å²) in [6.45, 7) is 4.99. The van der Waals surface area contributed by atoms with Gasteiger partial charge in [0.2, 0.25) is 5.91 Å². The van der Waals surface area contributed by atoms with Crippen LogP contribution in [0.15, 0.2) is 0 Å². The number of aliphatic carboxylic acids is 1. The Kier molecular flexibility index (Phi) is 5.52. The van der Waals surface area contributed by atoms with Crippen LogP contribution in [0.3, 0.4) is 0 Å². The number of carbonyl (C=O) groups excluding carboxylic acids is 1. The van der Waals surface area contributed by atoms with Gasteiger partial charge in [0.05, 0.1) is 18.6 Å². The zero-order valence-corrected chi connectivity index (χ0v) is 10.6. The molecule has 1 saturated heterocycles. The molecule has 7 nitrogen and oxygen atoms in total. The Labute approximate surface area is 106 Å². The van der Waals surface area contributed by atoms with Crippen molar-refractivity contribution in [1.29, 1.82) is 0 Å². The maximum atomic E-state index is 11.6. The minimum atomic E-state index is -1.41. The molecular weight excluding hydrogens is 238 g/mol. The molecular formula is C11H21N3O4. The second-order valence-electron chi connectivity index (χ2n) is 4.87. The van der Waals surface area contributed by atoms with Crippen LogP contribution in [0.5, 0.6) is 0 Å². The van der Waals surface area contributed by atoms with Crippen molar-refractivity contribution in [2.45, 2.75) is 18.9 Å². The molecule has 1 aliphatic heterocycles. The molecule has 1 amide bonds. The molecule has 1 unspecified atom stereocenters. The number of rotatable bonds is 6. The summed E-state index contributed by atoms with van der Waals surface area (Å²) in [4.78, 5) is 24.1. The van der Waals surface area contributed by atoms with E-state index in [0.717, 1.165) is 26.2 Å². The zero-order valence-electron chi connectivity index (χ0n) is 10.6. The fourth-order valence-corrected chi connectivity index (χ4v) is 1.81. The van der Waals surface area contributed by atoms with E-state index in [1.54, 1.807) is 0 Å². The molecule has 1 aliphatic rings. The van der Waals surface area contributed by atoms with Gasteiger partial charge in [-0.15, -0.1) is 0 Å². The standard InChI is InChI=1S/C11H21N3O4/c1-11(18,6-10(16)17)8-13-9(15)7-14-4-2-12-3-5-14/h12,18H,2-8H2,1H3,(H,13,15)(H,16,17). The number of nitrogens with zero attached hydrogens (tertiary/aromatic N) is 1. The van der Waals surface area contributed by atoms with Crippen molar-refractivity contribution in [3.8, 4) is 0 Å². The van der Waals surface area contributed by atoms with Crippen molar-refractivity contribution in [2.75, 3.05) is 39.3 Å². The van der Waals surface area contributed by atoms with E-state index in [-0.39, 0.29) is 25.4 Å². The number of carboxylic acids is 1.